The molecule has 0 aliphatic carbocycles. The lowest BCUT2D eigenvalue weighted by Gasteiger charge is -2.37. The van der Waals surface area contributed by atoms with Gasteiger partial charge < -0.3 is 19.3 Å². The predicted molar refractivity (Wildman–Crippen MR) is 77.0 cm³/mol. The minimum atomic E-state index is -0.859. The zero-order valence-corrected chi connectivity index (χ0v) is 12.3. The van der Waals surface area contributed by atoms with E-state index in [0.29, 0.717) is 32.7 Å². The van der Waals surface area contributed by atoms with Crippen LogP contribution >= 0.6 is 0 Å². The first-order valence-electron chi connectivity index (χ1n) is 7.25. The molecule has 20 heavy (non-hydrogen) atoms. The standard InChI is InChI=1S/C16H24O4/c1-3-13-12-16(17,8-9-19-13)14-6-4-5-7-15(14)20-11-10-18-2/h4-7,13,17H,3,8-12H2,1-2H3. The number of hydrogen-bond donors (Lipinski definition) is 1. The Morgan fingerprint density at radius 3 is 2.90 bits per heavy atom. The molecule has 0 spiro atoms. The van der Waals surface area contributed by atoms with Crippen molar-refractivity contribution in [1.29, 1.82) is 0 Å². The van der Waals surface area contributed by atoms with Gasteiger partial charge in [-0.2, -0.15) is 0 Å². The summed E-state index contributed by atoms with van der Waals surface area (Å²) in [6.45, 7) is 3.68. The molecule has 1 heterocycles. The maximum absolute atomic E-state index is 11.0. The summed E-state index contributed by atoms with van der Waals surface area (Å²) in [4.78, 5) is 0. The molecular weight excluding hydrogens is 256 g/mol. The monoisotopic (exact) mass is 280 g/mol. The summed E-state index contributed by atoms with van der Waals surface area (Å²) >= 11 is 0. The van der Waals surface area contributed by atoms with Crippen molar-refractivity contribution in [3.63, 3.8) is 0 Å². The van der Waals surface area contributed by atoms with Gasteiger partial charge in [0.05, 0.1) is 24.9 Å². The Hall–Kier alpha value is -1.10. The molecule has 2 unspecified atom stereocenters. The third kappa shape index (κ3) is 3.51. The van der Waals surface area contributed by atoms with Crippen LogP contribution in [0.1, 0.15) is 31.7 Å². The molecule has 1 fully saturated rings. The zero-order chi connectivity index (χ0) is 14.4. The van der Waals surface area contributed by atoms with Gasteiger partial charge in [0.25, 0.3) is 0 Å². The van der Waals surface area contributed by atoms with E-state index in [1.54, 1.807) is 7.11 Å². The lowest BCUT2D eigenvalue weighted by Crippen LogP contribution is -2.38. The molecule has 2 rings (SSSR count). The number of hydrogen-bond acceptors (Lipinski definition) is 4. The quantitative estimate of drug-likeness (QED) is 0.813. The van der Waals surface area contributed by atoms with Gasteiger partial charge in [-0.3, -0.25) is 0 Å². The van der Waals surface area contributed by atoms with Crippen LogP contribution in [0.2, 0.25) is 0 Å². The van der Waals surface area contributed by atoms with Crippen molar-refractivity contribution < 1.29 is 19.3 Å². The Balaban J connectivity index is 2.17. The zero-order valence-electron chi connectivity index (χ0n) is 12.3. The Morgan fingerprint density at radius 1 is 1.35 bits per heavy atom. The first-order valence-corrected chi connectivity index (χ1v) is 7.25. The van der Waals surface area contributed by atoms with E-state index >= 15 is 0 Å². The fourth-order valence-corrected chi connectivity index (χ4v) is 2.65. The highest BCUT2D eigenvalue weighted by Gasteiger charge is 2.37. The molecule has 2 atom stereocenters. The van der Waals surface area contributed by atoms with E-state index in [4.69, 9.17) is 14.2 Å². The van der Waals surface area contributed by atoms with E-state index in [2.05, 4.69) is 6.92 Å². The Bertz CT molecular complexity index is 421. The van der Waals surface area contributed by atoms with Gasteiger partial charge in [0.1, 0.15) is 12.4 Å². The van der Waals surface area contributed by atoms with E-state index in [1.165, 1.54) is 0 Å². The fraction of sp³-hybridized carbons (Fsp3) is 0.625. The topological polar surface area (TPSA) is 47.9 Å². The maximum Gasteiger partial charge on any atom is 0.125 e. The molecule has 0 amide bonds. The van der Waals surface area contributed by atoms with Crippen molar-refractivity contribution in [2.45, 2.75) is 37.9 Å². The highest BCUT2D eigenvalue weighted by molar-refractivity contribution is 5.38. The van der Waals surface area contributed by atoms with Crippen molar-refractivity contribution in [2.75, 3.05) is 26.9 Å². The second-order valence-corrected chi connectivity index (χ2v) is 5.22. The average Bonchev–Trinajstić information content (AvgIpc) is 2.48. The smallest absolute Gasteiger partial charge is 0.125 e. The van der Waals surface area contributed by atoms with E-state index in [0.717, 1.165) is 17.7 Å². The highest BCUT2D eigenvalue weighted by Crippen LogP contribution is 2.39. The summed E-state index contributed by atoms with van der Waals surface area (Å²) < 4.78 is 16.4. The molecule has 1 aromatic carbocycles. The largest absolute Gasteiger partial charge is 0.491 e. The van der Waals surface area contributed by atoms with Crippen molar-refractivity contribution >= 4 is 0 Å². The molecule has 0 radical (unpaired) electrons. The summed E-state index contributed by atoms with van der Waals surface area (Å²) in [6.07, 6.45) is 2.25. The normalized spacial score (nSPS) is 26.4. The van der Waals surface area contributed by atoms with Crippen LogP contribution in [0.5, 0.6) is 5.75 Å². The fourth-order valence-electron chi connectivity index (χ4n) is 2.65. The Kier molecular flexibility index (Phi) is 5.40. The molecule has 112 valence electrons. The average molecular weight is 280 g/mol. The molecule has 4 nitrogen and oxygen atoms in total. The lowest BCUT2D eigenvalue weighted by molar-refractivity contribution is -0.109. The van der Waals surface area contributed by atoms with Crippen LogP contribution in [-0.4, -0.2) is 38.1 Å². The molecule has 1 saturated heterocycles. The summed E-state index contributed by atoms with van der Waals surface area (Å²) in [5.74, 6) is 0.740. The third-order valence-electron chi connectivity index (χ3n) is 3.82. The Labute approximate surface area is 120 Å². The van der Waals surface area contributed by atoms with Gasteiger partial charge in [-0.1, -0.05) is 25.1 Å². The minimum absolute atomic E-state index is 0.112. The van der Waals surface area contributed by atoms with E-state index in [9.17, 15) is 5.11 Å². The van der Waals surface area contributed by atoms with Crippen LogP contribution in [0.3, 0.4) is 0 Å². The second kappa shape index (κ2) is 7.07. The van der Waals surface area contributed by atoms with E-state index < -0.39 is 5.60 Å². The summed E-state index contributed by atoms with van der Waals surface area (Å²) in [5, 5.41) is 11.0. The highest BCUT2D eigenvalue weighted by atomic mass is 16.5. The molecule has 4 heteroatoms. The molecule has 0 saturated carbocycles. The SMILES string of the molecule is CCC1CC(O)(c2ccccc2OCCOC)CCO1. The van der Waals surface area contributed by atoms with E-state index in [-0.39, 0.29) is 6.10 Å². The molecule has 0 bridgehead atoms. The second-order valence-electron chi connectivity index (χ2n) is 5.22. The molecule has 1 aliphatic rings. The van der Waals surface area contributed by atoms with Crippen molar-refractivity contribution in [3.05, 3.63) is 29.8 Å². The molecular formula is C16H24O4. The van der Waals surface area contributed by atoms with Gasteiger partial charge in [0.15, 0.2) is 0 Å². The summed E-state index contributed by atoms with van der Waals surface area (Å²) in [6, 6.07) is 7.71. The van der Waals surface area contributed by atoms with Crippen LogP contribution in [0.4, 0.5) is 0 Å². The van der Waals surface area contributed by atoms with Crippen molar-refractivity contribution in [2.24, 2.45) is 0 Å². The predicted octanol–water partition coefficient (Wildman–Crippen LogP) is 2.49. The van der Waals surface area contributed by atoms with E-state index in [1.807, 2.05) is 24.3 Å². The van der Waals surface area contributed by atoms with Gasteiger partial charge in [-0.25, -0.2) is 0 Å². The maximum atomic E-state index is 11.0. The number of ether oxygens (including phenoxy) is 3. The van der Waals surface area contributed by atoms with Crippen molar-refractivity contribution in [3.8, 4) is 5.75 Å². The van der Waals surface area contributed by atoms with Crippen LogP contribution in [0.25, 0.3) is 0 Å². The van der Waals surface area contributed by atoms with Crippen LogP contribution in [0.15, 0.2) is 24.3 Å². The van der Waals surface area contributed by atoms with Gasteiger partial charge >= 0.3 is 0 Å². The van der Waals surface area contributed by atoms with Crippen LogP contribution < -0.4 is 4.74 Å². The molecule has 1 N–H and O–H groups in total. The van der Waals surface area contributed by atoms with Gasteiger partial charge in [0.2, 0.25) is 0 Å². The number of rotatable bonds is 6. The number of aliphatic hydroxyl groups is 1. The van der Waals surface area contributed by atoms with Crippen LogP contribution in [0, 0.1) is 0 Å². The molecule has 0 aromatic heterocycles. The van der Waals surface area contributed by atoms with Gasteiger partial charge in [-0.05, 0) is 12.5 Å². The molecule has 1 aliphatic heterocycles. The van der Waals surface area contributed by atoms with Crippen LogP contribution in [-0.2, 0) is 15.1 Å². The molecule has 1 aromatic rings. The summed E-state index contributed by atoms with van der Waals surface area (Å²) in [7, 11) is 1.65. The number of benzene rings is 1. The number of para-hydroxylation sites is 1. The first kappa shape index (κ1) is 15.3. The van der Waals surface area contributed by atoms with Gasteiger partial charge in [-0.15, -0.1) is 0 Å². The lowest BCUT2D eigenvalue weighted by atomic mass is 9.82. The van der Waals surface area contributed by atoms with Crippen molar-refractivity contribution in [1.82, 2.24) is 0 Å². The Morgan fingerprint density at radius 2 is 2.15 bits per heavy atom. The van der Waals surface area contributed by atoms with Gasteiger partial charge in [0, 0.05) is 25.5 Å². The summed E-state index contributed by atoms with van der Waals surface area (Å²) in [5.41, 5.74) is 0.000583. The minimum Gasteiger partial charge on any atom is -0.491 e. The number of methoxy groups -OCH3 is 1. The third-order valence-corrected chi connectivity index (χ3v) is 3.82. The first-order chi connectivity index (χ1) is 9.69.